The standard InChI is InChI=1S/2C10H16N2O8.5Na/c2*13-7(14)3-11(4-8(15)16)1-2-12(5-9(17)18)6-10(19)20;;;;;/h2*1-6H2,(H,13,14)(H,15,16)(H,17,18)(H,19,20);;;;;/q;;5*+1/p-5. The van der Waals surface area contributed by atoms with E-state index in [4.69, 9.17) is 15.3 Å². The molecule has 0 radical (unpaired) electrons. The Kier molecular flexibility index (Phi) is 48.6. The Morgan fingerprint density at radius 3 is 0.600 bits per heavy atom. The predicted molar refractivity (Wildman–Crippen MR) is 114 cm³/mol. The number of carbonyl (C=O) groups is 8. The van der Waals surface area contributed by atoms with Gasteiger partial charge in [0.15, 0.2) is 0 Å². The van der Waals surface area contributed by atoms with Crippen LogP contribution < -0.4 is 173 Å². The van der Waals surface area contributed by atoms with Gasteiger partial charge in [0.1, 0.15) is 0 Å². The molecule has 0 aromatic rings. The van der Waals surface area contributed by atoms with Crippen molar-refractivity contribution in [2.24, 2.45) is 0 Å². The molecule has 25 heteroatoms. The number of carboxylic acids is 8. The summed E-state index contributed by atoms with van der Waals surface area (Å²) in [6, 6.07) is 0. The van der Waals surface area contributed by atoms with Crippen molar-refractivity contribution in [2.45, 2.75) is 0 Å². The molecule has 0 aliphatic heterocycles. The molecule has 0 atom stereocenters. The van der Waals surface area contributed by atoms with Crippen molar-refractivity contribution in [3.63, 3.8) is 0 Å². The third-order valence-electron chi connectivity index (χ3n) is 4.31. The number of hydrogen-bond acceptors (Lipinski definition) is 17. The number of carboxylic acid groups (broad SMARTS) is 8. The van der Waals surface area contributed by atoms with Gasteiger partial charge < -0.3 is 64.8 Å². The molecule has 45 heavy (non-hydrogen) atoms. The summed E-state index contributed by atoms with van der Waals surface area (Å²) >= 11 is 0. The zero-order chi connectivity index (χ0) is 31.4. The maximum Gasteiger partial charge on any atom is 1.00 e. The average molecular weight is 694 g/mol. The van der Waals surface area contributed by atoms with Crippen LogP contribution in [0.15, 0.2) is 0 Å². The first-order valence-electron chi connectivity index (χ1n) is 10.9. The average Bonchev–Trinajstić information content (AvgIpc) is 2.72. The molecule has 20 nitrogen and oxygen atoms in total. The van der Waals surface area contributed by atoms with Crippen LogP contribution in [0.3, 0.4) is 0 Å². The van der Waals surface area contributed by atoms with Crippen LogP contribution in [0, 0.1) is 0 Å². The Morgan fingerprint density at radius 1 is 0.333 bits per heavy atom. The van der Waals surface area contributed by atoms with Crippen LogP contribution in [0.5, 0.6) is 0 Å². The summed E-state index contributed by atoms with van der Waals surface area (Å²) in [5, 5.41) is 77.9. The Labute approximate surface area is 367 Å². The summed E-state index contributed by atoms with van der Waals surface area (Å²) in [4.78, 5) is 87.6. The first-order valence-corrected chi connectivity index (χ1v) is 10.9. The summed E-state index contributed by atoms with van der Waals surface area (Å²) in [6.45, 7) is -5.75. The Bertz CT molecular complexity index is 726. The van der Waals surface area contributed by atoms with E-state index >= 15 is 0 Å². The van der Waals surface area contributed by atoms with Crippen LogP contribution in [0.4, 0.5) is 0 Å². The van der Waals surface area contributed by atoms with Crippen molar-refractivity contribution in [3.05, 3.63) is 0 Å². The zero-order valence-electron chi connectivity index (χ0n) is 25.9. The molecule has 0 aromatic carbocycles. The summed E-state index contributed by atoms with van der Waals surface area (Å²) < 4.78 is 0. The molecule has 0 aliphatic carbocycles. The van der Waals surface area contributed by atoms with Crippen LogP contribution in [0.2, 0.25) is 0 Å². The summed E-state index contributed by atoms with van der Waals surface area (Å²) in [5.74, 6) is -11.3. The van der Waals surface area contributed by atoms with Gasteiger partial charge in [-0.1, -0.05) is 0 Å². The predicted octanol–water partition coefficient (Wildman–Crippen LogP) is -25.8. The Hall–Kier alpha value is 0.600. The van der Waals surface area contributed by atoms with Gasteiger partial charge in [-0.3, -0.25) is 34.0 Å². The van der Waals surface area contributed by atoms with E-state index in [-0.39, 0.29) is 174 Å². The molecular weight excluding hydrogens is 667 g/mol. The van der Waals surface area contributed by atoms with Gasteiger partial charge >= 0.3 is 166 Å². The van der Waals surface area contributed by atoms with Crippen molar-refractivity contribution in [1.82, 2.24) is 19.6 Å². The van der Waals surface area contributed by atoms with E-state index in [1.807, 2.05) is 0 Å². The molecular formula is C20H27N4Na5O16. The number of rotatable bonds is 22. The number of aliphatic carboxylic acids is 8. The summed E-state index contributed by atoms with van der Waals surface area (Å²) in [7, 11) is 0. The van der Waals surface area contributed by atoms with Crippen molar-refractivity contribution in [2.75, 3.05) is 78.5 Å². The van der Waals surface area contributed by atoms with Crippen LogP contribution in [-0.4, -0.2) is 161 Å². The van der Waals surface area contributed by atoms with E-state index in [0.29, 0.717) is 0 Å². The van der Waals surface area contributed by atoms with Crippen molar-refractivity contribution < 1.29 is 227 Å². The molecule has 0 rings (SSSR count). The van der Waals surface area contributed by atoms with E-state index in [2.05, 4.69) is 0 Å². The molecule has 0 bridgehead atoms. The molecule has 0 saturated carbocycles. The van der Waals surface area contributed by atoms with Crippen molar-refractivity contribution in [3.8, 4) is 0 Å². The molecule has 0 saturated heterocycles. The van der Waals surface area contributed by atoms with Crippen LogP contribution in [-0.2, 0) is 38.4 Å². The topological polar surface area (TPSA) is 326 Å². The second kappa shape index (κ2) is 35.9. The van der Waals surface area contributed by atoms with E-state index in [9.17, 15) is 63.9 Å². The Balaban J connectivity index is -0.000000116. The number of carbonyl (C=O) groups excluding carboxylic acids is 5. The third-order valence-corrected chi connectivity index (χ3v) is 4.31. The monoisotopic (exact) mass is 694 g/mol. The molecule has 0 aliphatic rings. The van der Waals surface area contributed by atoms with Crippen molar-refractivity contribution >= 4 is 47.8 Å². The smallest absolute Gasteiger partial charge is 0.549 e. The summed E-state index contributed by atoms with van der Waals surface area (Å²) in [6.07, 6.45) is 0. The number of hydrogen-bond donors (Lipinski definition) is 3. The minimum absolute atomic E-state index is 0. The Morgan fingerprint density at radius 2 is 0.467 bits per heavy atom. The molecule has 228 valence electrons. The molecule has 0 fully saturated rings. The summed E-state index contributed by atoms with van der Waals surface area (Å²) in [5.41, 5.74) is 0. The minimum atomic E-state index is -1.52. The fraction of sp³-hybridized carbons (Fsp3) is 0.600. The molecule has 0 heterocycles. The third kappa shape index (κ3) is 44.6. The largest absolute Gasteiger partial charge is 1.00 e. The first-order chi connectivity index (χ1) is 18.4. The van der Waals surface area contributed by atoms with E-state index in [1.165, 1.54) is 0 Å². The molecule has 0 amide bonds. The second-order valence-corrected chi connectivity index (χ2v) is 7.88. The molecule has 3 N–H and O–H groups in total. The van der Waals surface area contributed by atoms with Gasteiger partial charge in [0.25, 0.3) is 0 Å². The van der Waals surface area contributed by atoms with Crippen LogP contribution >= 0.6 is 0 Å². The minimum Gasteiger partial charge on any atom is -0.549 e. The van der Waals surface area contributed by atoms with Gasteiger partial charge in [-0.05, 0) is 0 Å². The second-order valence-electron chi connectivity index (χ2n) is 7.88. The zero-order valence-corrected chi connectivity index (χ0v) is 35.9. The van der Waals surface area contributed by atoms with Gasteiger partial charge in [0.05, 0.1) is 49.5 Å². The van der Waals surface area contributed by atoms with Gasteiger partial charge in [-0.25, -0.2) is 0 Å². The maximum atomic E-state index is 10.5. The van der Waals surface area contributed by atoms with Gasteiger partial charge in [-0.2, -0.15) is 0 Å². The fourth-order valence-electron chi connectivity index (χ4n) is 2.91. The van der Waals surface area contributed by atoms with Crippen molar-refractivity contribution in [1.29, 1.82) is 0 Å². The van der Waals surface area contributed by atoms with Gasteiger partial charge in [0.2, 0.25) is 0 Å². The maximum absolute atomic E-state index is 10.5. The molecule has 0 spiro atoms. The van der Waals surface area contributed by atoms with Gasteiger partial charge in [-0.15, -0.1) is 0 Å². The van der Waals surface area contributed by atoms with Crippen LogP contribution in [0.25, 0.3) is 0 Å². The van der Waals surface area contributed by atoms with E-state index in [1.54, 1.807) is 0 Å². The SMILES string of the molecule is O=C([O-])CN(CCN(CC(=O)O)CC(=O)O)CC(=O)[O-].O=C([O-])CN(CCN(CC(=O)[O-])CC(=O)O)CC(=O)[O-].[Na+].[Na+].[Na+].[Na+].[Na+]. The number of nitrogens with zero attached hydrogens (tertiary/aromatic N) is 4. The van der Waals surface area contributed by atoms with E-state index < -0.39 is 100 Å². The van der Waals surface area contributed by atoms with E-state index in [0.717, 1.165) is 19.6 Å². The molecule has 0 unspecified atom stereocenters. The quantitative estimate of drug-likeness (QED) is 0.0885. The van der Waals surface area contributed by atoms with Gasteiger partial charge in [0, 0.05) is 58.9 Å². The van der Waals surface area contributed by atoms with Crippen LogP contribution in [0.1, 0.15) is 0 Å². The first kappa shape index (κ1) is 60.9. The fourth-order valence-corrected chi connectivity index (χ4v) is 2.91. The normalized spacial score (nSPS) is 9.51. The molecule has 0 aromatic heterocycles.